The van der Waals surface area contributed by atoms with Crippen LogP contribution >= 0.6 is 0 Å². The molecule has 0 saturated carbocycles. The third kappa shape index (κ3) is 4.57. The van der Waals surface area contributed by atoms with Gasteiger partial charge in [-0.05, 0) is 17.5 Å². The van der Waals surface area contributed by atoms with Crippen molar-refractivity contribution in [3.8, 4) is 0 Å². The Morgan fingerprint density at radius 3 is 1.39 bits per heavy atom. The molecule has 0 fully saturated rings. The van der Waals surface area contributed by atoms with E-state index in [1.54, 1.807) is 0 Å². The predicted molar refractivity (Wildman–Crippen MR) is 86.1 cm³/mol. The Balaban J connectivity index is 3.53. The molecule has 1 aromatic rings. The Morgan fingerprint density at radius 2 is 1.00 bits per heavy atom. The van der Waals surface area contributed by atoms with Crippen LogP contribution in [0.5, 0.6) is 0 Å². The van der Waals surface area contributed by atoms with Gasteiger partial charge in [0, 0.05) is 6.42 Å². The average molecular weight is 568 g/mol. The van der Waals surface area contributed by atoms with Crippen LogP contribution in [0.4, 0.5) is 74.6 Å². The fraction of sp³-hybridized carbons (Fsp3) is 0.667. The molecule has 1 rings (SSSR count). The lowest BCUT2D eigenvalue weighted by Crippen LogP contribution is -2.74. The standard InChI is InChI=1S/C18H13F17O/c1-2-8-4-3-5-9(6-8)10(36)7-11(19,20)12(21,22)13(23,24)14(25,26)15(27,28)16(29,30)17(31,32)18(33,34)35/h3-6,10,36H,2,7H2,1H3. The molecule has 0 saturated heterocycles. The third-order valence-corrected chi connectivity index (χ3v) is 4.98. The maximum atomic E-state index is 14.0. The van der Waals surface area contributed by atoms with Crippen molar-refractivity contribution >= 4 is 0 Å². The SMILES string of the molecule is CCc1cccc(C(O)CC(F)(F)C(F)(F)C(F)(F)C(F)(F)C(F)(F)C(F)(F)C(F)(F)C(F)(F)F)c1. The van der Waals surface area contributed by atoms with E-state index in [4.69, 9.17) is 0 Å². The van der Waals surface area contributed by atoms with E-state index in [9.17, 15) is 79.7 Å². The Kier molecular flexibility index (Phi) is 8.07. The van der Waals surface area contributed by atoms with Crippen LogP contribution in [0.1, 0.15) is 30.6 Å². The second-order valence-corrected chi connectivity index (χ2v) is 7.47. The number of aliphatic hydroxyl groups is 1. The van der Waals surface area contributed by atoms with Gasteiger partial charge in [-0.15, -0.1) is 0 Å². The lowest BCUT2D eigenvalue weighted by atomic mass is 9.87. The number of benzene rings is 1. The second-order valence-electron chi connectivity index (χ2n) is 7.47. The summed E-state index contributed by atoms with van der Waals surface area (Å²) in [4.78, 5) is 0. The molecule has 1 nitrogen and oxygen atoms in total. The number of rotatable bonds is 10. The van der Waals surface area contributed by atoms with E-state index in [1.165, 1.54) is 13.0 Å². The molecule has 0 heterocycles. The Labute approximate surface area is 189 Å². The minimum absolute atomic E-state index is 0.142. The molecule has 36 heavy (non-hydrogen) atoms. The fourth-order valence-corrected chi connectivity index (χ4v) is 2.71. The molecule has 1 unspecified atom stereocenters. The molecule has 18 heteroatoms. The van der Waals surface area contributed by atoms with E-state index in [-0.39, 0.29) is 12.0 Å². The van der Waals surface area contributed by atoms with Crippen LogP contribution in [-0.2, 0) is 6.42 Å². The maximum absolute atomic E-state index is 14.0. The summed E-state index contributed by atoms with van der Waals surface area (Å²) in [6, 6.07) is 3.97. The van der Waals surface area contributed by atoms with Crippen LogP contribution in [0.2, 0.25) is 0 Å². The minimum Gasteiger partial charge on any atom is -0.388 e. The first-order chi connectivity index (χ1) is 15.7. The Hall–Kier alpha value is -2.01. The first-order valence-corrected chi connectivity index (χ1v) is 9.15. The van der Waals surface area contributed by atoms with Crippen molar-refractivity contribution in [3.05, 3.63) is 35.4 Å². The van der Waals surface area contributed by atoms with Crippen LogP contribution in [0.3, 0.4) is 0 Å². The van der Waals surface area contributed by atoms with Crippen LogP contribution < -0.4 is 0 Å². The van der Waals surface area contributed by atoms with Gasteiger partial charge in [0.15, 0.2) is 0 Å². The summed E-state index contributed by atoms with van der Waals surface area (Å²) in [5.74, 6) is -56.9. The molecule has 0 aliphatic carbocycles. The Morgan fingerprint density at radius 1 is 0.611 bits per heavy atom. The van der Waals surface area contributed by atoms with Gasteiger partial charge >= 0.3 is 47.6 Å². The highest BCUT2D eigenvalue weighted by Crippen LogP contribution is 2.64. The molecular formula is C18H13F17O. The van der Waals surface area contributed by atoms with E-state index in [2.05, 4.69) is 0 Å². The number of aryl methyl sites for hydroxylation is 1. The largest absolute Gasteiger partial charge is 0.460 e. The maximum Gasteiger partial charge on any atom is 0.460 e. The van der Waals surface area contributed by atoms with Crippen molar-refractivity contribution < 1.29 is 79.7 Å². The van der Waals surface area contributed by atoms with E-state index >= 15 is 0 Å². The zero-order valence-corrected chi connectivity index (χ0v) is 17.2. The lowest BCUT2D eigenvalue weighted by molar-refractivity contribution is -0.462. The van der Waals surface area contributed by atoms with Gasteiger partial charge in [0.2, 0.25) is 0 Å². The lowest BCUT2D eigenvalue weighted by Gasteiger charge is -2.43. The predicted octanol–water partition coefficient (Wildman–Crippen LogP) is 7.68. The summed E-state index contributed by atoms with van der Waals surface area (Å²) in [6.07, 6.45) is -13.4. The molecule has 1 aromatic carbocycles. The molecule has 0 spiro atoms. The zero-order chi connectivity index (χ0) is 29.0. The first kappa shape index (κ1) is 32.0. The van der Waals surface area contributed by atoms with Crippen LogP contribution in [0, 0.1) is 0 Å². The van der Waals surface area contributed by atoms with Gasteiger partial charge in [0.1, 0.15) is 0 Å². The number of alkyl halides is 17. The van der Waals surface area contributed by atoms with E-state index in [0.29, 0.717) is 0 Å². The van der Waals surface area contributed by atoms with E-state index in [1.807, 2.05) is 0 Å². The van der Waals surface area contributed by atoms with Crippen molar-refractivity contribution in [3.63, 3.8) is 0 Å². The molecule has 1 atom stereocenters. The van der Waals surface area contributed by atoms with Crippen molar-refractivity contribution in [1.29, 1.82) is 0 Å². The zero-order valence-electron chi connectivity index (χ0n) is 17.2. The summed E-state index contributed by atoms with van der Waals surface area (Å²) in [6.45, 7) is 1.47. The normalized spacial score (nSPS) is 16.3. The molecule has 0 amide bonds. The summed E-state index contributed by atoms with van der Waals surface area (Å²) in [7, 11) is 0. The highest BCUT2D eigenvalue weighted by molar-refractivity contribution is 5.26. The number of aliphatic hydroxyl groups excluding tert-OH is 1. The summed E-state index contributed by atoms with van der Waals surface area (Å²) in [5, 5.41) is 9.66. The monoisotopic (exact) mass is 568 g/mol. The molecule has 0 aliphatic rings. The Bertz CT molecular complexity index is 918. The third-order valence-electron chi connectivity index (χ3n) is 4.98. The van der Waals surface area contributed by atoms with Crippen molar-refractivity contribution in [1.82, 2.24) is 0 Å². The highest BCUT2D eigenvalue weighted by Gasteiger charge is 2.95. The molecule has 0 aliphatic heterocycles. The number of hydrogen-bond acceptors (Lipinski definition) is 1. The summed E-state index contributed by atoms with van der Waals surface area (Å²) < 4.78 is 225. The number of hydrogen-bond donors (Lipinski definition) is 1. The van der Waals surface area contributed by atoms with Gasteiger partial charge in [-0.2, -0.15) is 74.6 Å². The number of halogens is 17. The summed E-state index contributed by atoms with van der Waals surface area (Å²) >= 11 is 0. The molecule has 0 bridgehead atoms. The molecular weight excluding hydrogens is 555 g/mol. The van der Waals surface area contributed by atoms with Gasteiger partial charge in [0.05, 0.1) is 6.10 Å². The van der Waals surface area contributed by atoms with Crippen molar-refractivity contribution in [2.45, 2.75) is 73.5 Å². The fourth-order valence-electron chi connectivity index (χ4n) is 2.71. The molecule has 0 radical (unpaired) electrons. The first-order valence-electron chi connectivity index (χ1n) is 9.15. The molecule has 1 N–H and O–H groups in total. The van der Waals surface area contributed by atoms with Gasteiger partial charge in [0.25, 0.3) is 0 Å². The van der Waals surface area contributed by atoms with Gasteiger partial charge in [-0.3, -0.25) is 0 Å². The molecule has 210 valence electrons. The van der Waals surface area contributed by atoms with Crippen molar-refractivity contribution in [2.75, 3.05) is 0 Å². The average Bonchev–Trinajstić information content (AvgIpc) is 2.71. The minimum atomic E-state index is -8.67. The van der Waals surface area contributed by atoms with Gasteiger partial charge < -0.3 is 5.11 Å². The second kappa shape index (κ2) is 9.08. The quantitative estimate of drug-likeness (QED) is 0.287. The van der Waals surface area contributed by atoms with Crippen molar-refractivity contribution in [2.24, 2.45) is 0 Å². The summed E-state index contributed by atoms with van der Waals surface area (Å²) in [5.41, 5.74) is -0.451. The van der Waals surface area contributed by atoms with Crippen LogP contribution in [-0.4, -0.2) is 52.7 Å². The van der Waals surface area contributed by atoms with Crippen LogP contribution in [0.25, 0.3) is 0 Å². The van der Waals surface area contributed by atoms with Gasteiger partial charge in [-0.25, -0.2) is 0 Å². The molecule has 0 aromatic heterocycles. The highest BCUT2D eigenvalue weighted by atomic mass is 19.4. The van der Waals surface area contributed by atoms with Crippen LogP contribution in [0.15, 0.2) is 24.3 Å². The van der Waals surface area contributed by atoms with E-state index in [0.717, 1.165) is 18.2 Å². The smallest absolute Gasteiger partial charge is 0.388 e. The topological polar surface area (TPSA) is 20.2 Å². The van der Waals surface area contributed by atoms with Gasteiger partial charge in [-0.1, -0.05) is 31.2 Å². The van der Waals surface area contributed by atoms with E-state index < -0.39 is 65.7 Å².